The van der Waals surface area contributed by atoms with Crippen molar-refractivity contribution in [2.45, 2.75) is 32.2 Å². The van der Waals surface area contributed by atoms with Gasteiger partial charge in [-0.2, -0.15) is 0 Å². The summed E-state index contributed by atoms with van der Waals surface area (Å²) in [7, 11) is 0. The molecular formula is C9H15NO. The molecule has 0 aliphatic heterocycles. The van der Waals surface area contributed by atoms with Gasteiger partial charge in [-0.25, -0.2) is 0 Å². The van der Waals surface area contributed by atoms with E-state index in [1.165, 1.54) is 0 Å². The van der Waals surface area contributed by atoms with Crippen LogP contribution in [-0.2, 0) is 4.79 Å². The topological polar surface area (TPSA) is 43.1 Å². The highest BCUT2D eigenvalue weighted by atomic mass is 16.1. The molecule has 62 valence electrons. The lowest BCUT2D eigenvalue weighted by Crippen LogP contribution is -2.28. The minimum atomic E-state index is 0.101. The second-order valence-electron chi connectivity index (χ2n) is 3.08. The van der Waals surface area contributed by atoms with E-state index in [1.54, 1.807) is 0 Å². The molecule has 11 heavy (non-hydrogen) atoms. The first kappa shape index (κ1) is 8.47. The van der Waals surface area contributed by atoms with E-state index in [4.69, 9.17) is 5.73 Å². The van der Waals surface area contributed by atoms with Gasteiger partial charge in [-0.1, -0.05) is 19.1 Å². The Kier molecular flexibility index (Phi) is 2.83. The number of carbonyl (C=O) groups excluding carboxylic acids is 1. The summed E-state index contributed by atoms with van der Waals surface area (Å²) in [5.41, 5.74) is 5.68. The van der Waals surface area contributed by atoms with Gasteiger partial charge < -0.3 is 5.73 Å². The predicted octanol–water partition coefficient (Wildman–Crippen LogP) is 1.26. The molecule has 1 rings (SSSR count). The van der Waals surface area contributed by atoms with E-state index < -0.39 is 0 Å². The van der Waals surface area contributed by atoms with E-state index in [9.17, 15) is 4.79 Å². The molecule has 1 aliphatic carbocycles. The van der Waals surface area contributed by atoms with Gasteiger partial charge in [0.15, 0.2) is 0 Å². The van der Waals surface area contributed by atoms with E-state index in [2.05, 4.69) is 0 Å². The summed E-state index contributed by atoms with van der Waals surface area (Å²) in [5, 5.41) is 0. The van der Waals surface area contributed by atoms with E-state index in [0.29, 0.717) is 12.2 Å². The van der Waals surface area contributed by atoms with Gasteiger partial charge in [0.25, 0.3) is 0 Å². The molecule has 2 unspecified atom stereocenters. The molecule has 2 N–H and O–H groups in total. The summed E-state index contributed by atoms with van der Waals surface area (Å²) in [6, 6.07) is 0.101. The number of ketones is 1. The van der Waals surface area contributed by atoms with Crippen molar-refractivity contribution in [3.05, 3.63) is 12.2 Å². The molecule has 0 aromatic heterocycles. The predicted molar refractivity (Wildman–Crippen MR) is 45.1 cm³/mol. The van der Waals surface area contributed by atoms with Crippen molar-refractivity contribution in [2.75, 3.05) is 0 Å². The van der Waals surface area contributed by atoms with Crippen LogP contribution in [0.3, 0.4) is 0 Å². The summed E-state index contributed by atoms with van der Waals surface area (Å²) in [6.07, 6.45) is 6.38. The maximum absolute atomic E-state index is 11.2. The van der Waals surface area contributed by atoms with Crippen LogP contribution in [-0.4, -0.2) is 11.8 Å². The third-order valence-electron chi connectivity index (χ3n) is 2.16. The van der Waals surface area contributed by atoms with Crippen LogP contribution in [0.1, 0.15) is 26.2 Å². The molecule has 0 amide bonds. The Labute approximate surface area is 67.5 Å². The third-order valence-corrected chi connectivity index (χ3v) is 2.16. The molecule has 0 saturated heterocycles. The van der Waals surface area contributed by atoms with Crippen molar-refractivity contribution in [3.63, 3.8) is 0 Å². The van der Waals surface area contributed by atoms with E-state index in [0.717, 1.165) is 12.8 Å². The SMILES string of the molecule is CCC(=O)C1CC=CC(N)C1. The lowest BCUT2D eigenvalue weighted by Gasteiger charge is -2.20. The molecule has 0 fully saturated rings. The zero-order chi connectivity index (χ0) is 8.27. The van der Waals surface area contributed by atoms with Crippen LogP contribution in [0.5, 0.6) is 0 Å². The minimum Gasteiger partial charge on any atom is -0.324 e. The highest BCUT2D eigenvalue weighted by Gasteiger charge is 2.20. The van der Waals surface area contributed by atoms with Gasteiger partial charge in [0.1, 0.15) is 5.78 Å². The number of hydrogen-bond acceptors (Lipinski definition) is 2. The van der Waals surface area contributed by atoms with Crippen LogP contribution in [0.2, 0.25) is 0 Å². The average molecular weight is 153 g/mol. The first-order valence-electron chi connectivity index (χ1n) is 4.19. The standard InChI is InChI=1S/C9H15NO/c1-2-9(11)7-4-3-5-8(10)6-7/h3,5,7-8H,2,4,6,10H2,1H3. The van der Waals surface area contributed by atoms with Gasteiger partial charge in [-0.15, -0.1) is 0 Å². The fraction of sp³-hybridized carbons (Fsp3) is 0.667. The molecule has 2 heteroatoms. The summed E-state index contributed by atoms with van der Waals surface area (Å²) in [4.78, 5) is 11.2. The molecule has 0 heterocycles. The molecule has 2 atom stereocenters. The molecule has 0 radical (unpaired) electrons. The maximum Gasteiger partial charge on any atom is 0.136 e. The van der Waals surface area contributed by atoms with Crippen molar-refractivity contribution in [2.24, 2.45) is 11.7 Å². The fourth-order valence-corrected chi connectivity index (χ4v) is 1.47. The van der Waals surface area contributed by atoms with Crippen LogP contribution in [0.15, 0.2) is 12.2 Å². The van der Waals surface area contributed by atoms with Crippen LogP contribution in [0.4, 0.5) is 0 Å². The Balaban J connectivity index is 2.49. The third kappa shape index (κ3) is 2.15. The molecule has 0 bridgehead atoms. The number of hydrogen-bond donors (Lipinski definition) is 1. The molecule has 2 nitrogen and oxygen atoms in total. The van der Waals surface area contributed by atoms with Gasteiger partial charge in [-0.3, -0.25) is 4.79 Å². The van der Waals surface area contributed by atoms with Gasteiger partial charge in [0, 0.05) is 18.4 Å². The molecule has 0 spiro atoms. The normalized spacial score (nSPS) is 30.4. The Morgan fingerprint density at radius 2 is 2.45 bits per heavy atom. The highest BCUT2D eigenvalue weighted by molar-refractivity contribution is 5.81. The molecule has 1 aliphatic rings. The largest absolute Gasteiger partial charge is 0.324 e. The van der Waals surface area contributed by atoms with Crippen molar-refractivity contribution >= 4 is 5.78 Å². The molecule has 0 saturated carbocycles. The second-order valence-corrected chi connectivity index (χ2v) is 3.08. The van der Waals surface area contributed by atoms with Crippen LogP contribution >= 0.6 is 0 Å². The molecule has 0 aromatic carbocycles. The van der Waals surface area contributed by atoms with Crippen molar-refractivity contribution in [1.82, 2.24) is 0 Å². The van der Waals surface area contributed by atoms with Crippen LogP contribution < -0.4 is 5.73 Å². The van der Waals surface area contributed by atoms with Gasteiger partial charge in [0.2, 0.25) is 0 Å². The summed E-state index contributed by atoms with van der Waals surface area (Å²) in [5.74, 6) is 0.546. The van der Waals surface area contributed by atoms with Gasteiger partial charge in [-0.05, 0) is 12.8 Å². The van der Waals surface area contributed by atoms with Crippen molar-refractivity contribution < 1.29 is 4.79 Å². The van der Waals surface area contributed by atoms with Crippen molar-refractivity contribution in [3.8, 4) is 0 Å². The fourth-order valence-electron chi connectivity index (χ4n) is 1.47. The number of Topliss-reactive ketones (excluding diaryl/α,β-unsaturated/α-hetero) is 1. The summed E-state index contributed by atoms with van der Waals surface area (Å²) < 4.78 is 0. The van der Waals surface area contributed by atoms with Crippen molar-refractivity contribution in [1.29, 1.82) is 0 Å². The van der Waals surface area contributed by atoms with E-state index >= 15 is 0 Å². The van der Waals surface area contributed by atoms with E-state index in [-0.39, 0.29) is 12.0 Å². The average Bonchev–Trinajstić information content (AvgIpc) is 2.03. The number of carbonyl (C=O) groups is 1. The summed E-state index contributed by atoms with van der Waals surface area (Å²) >= 11 is 0. The number of allylic oxidation sites excluding steroid dienone is 1. The Morgan fingerprint density at radius 3 is 3.00 bits per heavy atom. The lowest BCUT2D eigenvalue weighted by molar-refractivity contribution is -0.122. The summed E-state index contributed by atoms with van der Waals surface area (Å²) in [6.45, 7) is 1.91. The first-order valence-corrected chi connectivity index (χ1v) is 4.19. The van der Waals surface area contributed by atoms with Gasteiger partial charge >= 0.3 is 0 Å². The quantitative estimate of drug-likeness (QED) is 0.607. The monoisotopic (exact) mass is 153 g/mol. The Morgan fingerprint density at radius 1 is 1.73 bits per heavy atom. The second kappa shape index (κ2) is 3.67. The lowest BCUT2D eigenvalue weighted by atomic mass is 9.87. The highest BCUT2D eigenvalue weighted by Crippen LogP contribution is 2.19. The first-order chi connectivity index (χ1) is 5.24. The zero-order valence-corrected chi connectivity index (χ0v) is 6.92. The Bertz CT molecular complexity index is 174. The number of nitrogens with two attached hydrogens (primary N) is 1. The maximum atomic E-state index is 11.2. The zero-order valence-electron chi connectivity index (χ0n) is 6.92. The van der Waals surface area contributed by atoms with Gasteiger partial charge in [0.05, 0.1) is 0 Å². The van der Waals surface area contributed by atoms with Crippen LogP contribution in [0, 0.1) is 5.92 Å². The minimum absolute atomic E-state index is 0.101. The Hall–Kier alpha value is -0.630. The van der Waals surface area contributed by atoms with E-state index in [1.807, 2.05) is 19.1 Å². The molecular weight excluding hydrogens is 138 g/mol. The molecule has 0 aromatic rings. The smallest absolute Gasteiger partial charge is 0.136 e. The number of rotatable bonds is 2. The van der Waals surface area contributed by atoms with Crippen LogP contribution in [0.25, 0.3) is 0 Å².